The maximum atomic E-state index is 6.22. The van der Waals surface area contributed by atoms with Crippen molar-refractivity contribution in [1.29, 1.82) is 0 Å². The molecule has 3 heterocycles. The molecule has 148 valence electrons. The lowest BCUT2D eigenvalue weighted by Crippen LogP contribution is -2.11. The molecular formula is C22H22N4O3. The topological polar surface area (TPSA) is 86.1 Å². The molecule has 29 heavy (non-hydrogen) atoms. The van der Waals surface area contributed by atoms with Crippen molar-refractivity contribution >= 4 is 11.2 Å². The molecule has 7 nitrogen and oxygen atoms in total. The number of rotatable bonds is 5. The Morgan fingerprint density at radius 2 is 1.90 bits per heavy atom. The average Bonchev–Trinajstić information content (AvgIpc) is 3.48. The molecule has 4 aromatic rings. The van der Waals surface area contributed by atoms with E-state index in [2.05, 4.69) is 15.0 Å². The van der Waals surface area contributed by atoms with E-state index in [0.29, 0.717) is 17.2 Å². The number of aromatic nitrogens is 4. The molecular weight excluding hydrogens is 368 g/mol. The first-order chi connectivity index (χ1) is 14.2. The second-order valence-electron chi connectivity index (χ2n) is 7.33. The smallest absolute Gasteiger partial charge is 0.198 e. The van der Waals surface area contributed by atoms with Gasteiger partial charge in [-0.15, -0.1) is 0 Å². The van der Waals surface area contributed by atoms with Crippen molar-refractivity contribution in [2.45, 2.75) is 38.7 Å². The molecule has 0 amide bonds. The summed E-state index contributed by atoms with van der Waals surface area (Å²) in [5.41, 5.74) is 2.95. The standard InChI is InChI=1S/C22H22N4O3/c1-13-7-8-18(28-13)21-25-19(20-22(26-21)24-12-23-20)14-9-16(27-2)11-17(10-14)29-15-5-3-4-6-15/h7-12,15H,3-6H2,1-2H3,(H,23,24,25,26). The number of nitrogens with one attached hydrogen (secondary N) is 1. The molecule has 1 fully saturated rings. The number of aromatic amines is 1. The van der Waals surface area contributed by atoms with E-state index in [1.807, 2.05) is 37.3 Å². The molecule has 0 unspecified atom stereocenters. The summed E-state index contributed by atoms with van der Waals surface area (Å²) < 4.78 is 17.5. The summed E-state index contributed by atoms with van der Waals surface area (Å²) in [6.07, 6.45) is 6.49. The summed E-state index contributed by atoms with van der Waals surface area (Å²) in [6, 6.07) is 9.63. The molecule has 1 aromatic carbocycles. The van der Waals surface area contributed by atoms with Gasteiger partial charge in [-0.2, -0.15) is 0 Å². The highest BCUT2D eigenvalue weighted by Crippen LogP contribution is 2.34. The zero-order chi connectivity index (χ0) is 19.8. The van der Waals surface area contributed by atoms with E-state index < -0.39 is 0 Å². The Balaban J connectivity index is 1.63. The van der Waals surface area contributed by atoms with Crippen LogP contribution in [-0.2, 0) is 0 Å². The number of ether oxygens (including phenoxy) is 2. The van der Waals surface area contributed by atoms with E-state index in [9.17, 15) is 0 Å². The van der Waals surface area contributed by atoms with Gasteiger partial charge >= 0.3 is 0 Å². The summed E-state index contributed by atoms with van der Waals surface area (Å²) in [7, 11) is 1.65. The highest BCUT2D eigenvalue weighted by Gasteiger charge is 2.19. The fourth-order valence-electron chi connectivity index (χ4n) is 3.80. The van der Waals surface area contributed by atoms with Crippen LogP contribution < -0.4 is 9.47 Å². The fraction of sp³-hybridized carbons (Fsp3) is 0.318. The number of hydrogen-bond acceptors (Lipinski definition) is 6. The number of aryl methyl sites for hydroxylation is 1. The van der Waals surface area contributed by atoms with Gasteiger partial charge in [0.25, 0.3) is 0 Å². The van der Waals surface area contributed by atoms with E-state index in [1.54, 1.807) is 13.4 Å². The molecule has 0 saturated heterocycles. The van der Waals surface area contributed by atoms with Crippen molar-refractivity contribution in [2.75, 3.05) is 7.11 Å². The van der Waals surface area contributed by atoms with Gasteiger partial charge in [0.15, 0.2) is 17.2 Å². The monoisotopic (exact) mass is 390 g/mol. The van der Waals surface area contributed by atoms with Gasteiger partial charge in [0, 0.05) is 11.6 Å². The van der Waals surface area contributed by atoms with Crippen LogP contribution in [-0.4, -0.2) is 33.1 Å². The maximum Gasteiger partial charge on any atom is 0.198 e. The molecule has 0 aliphatic heterocycles. The van der Waals surface area contributed by atoms with Crippen molar-refractivity contribution in [3.8, 4) is 34.3 Å². The number of imidazole rings is 1. The third kappa shape index (κ3) is 3.44. The number of benzene rings is 1. The minimum absolute atomic E-state index is 0.259. The van der Waals surface area contributed by atoms with Crippen molar-refractivity contribution in [3.05, 3.63) is 42.4 Å². The van der Waals surface area contributed by atoms with Crippen LogP contribution in [0.2, 0.25) is 0 Å². The van der Waals surface area contributed by atoms with E-state index >= 15 is 0 Å². The first-order valence-corrected chi connectivity index (χ1v) is 9.83. The Bertz CT molecular complexity index is 1160. The van der Waals surface area contributed by atoms with Gasteiger partial charge in [-0.1, -0.05) is 0 Å². The number of hydrogen-bond donors (Lipinski definition) is 1. The van der Waals surface area contributed by atoms with Crippen molar-refractivity contribution < 1.29 is 13.9 Å². The van der Waals surface area contributed by atoms with Gasteiger partial charge in [0.05, 0.1) is 19.5 Å². The van der Waals surface area contributed by atoms with Gasteiger partial charge in [0.2, 0.25) is 0 Å². The SMILES string of the molecule is COc1cc(OC2CCCC2)cc(-c2nc(-c3ccc(C)o3)nc3nc[nH]c23)c1. The molecule has 0 radical (unpaired) electrons. The Morgan fingerprint density at radius 1 is 1.07 bits per heavy atom. The summed E-state index contributed by atoms with van der Waals surface area (Å²) in [4.78, 5) is 16.8. The molecule has 7 heteroatoms. The molecule has 1 aliphatic carbocycles. The number of methoxy groups -OCH3 is 1. The maximum absolute atomic E-state index is 6.22. The number of fused-ring (bicyclic) bond motifs is 1. The molecule has 0 atom stereocenters. The largest absolute Gasteiger partial charge is 0.497 e. The van der Waals surface area contributed by atoms with Gasteiger partial charge in [-0.05, 0) is 56.9 Å². The van der Waals surface area contributed by atoms with Crippen molar-refractivity contribution in [2.24, 2.45) is 0 Å². The number of nitrogens with zero attached hydrogens (tertiary/aromatic N) is 3. The fourth-order valence-corrected chi connectivity index (χ4v) is 3.80. The Morgan fingerprint density at radius 3 is 2.66 bits per heavy atom. The van der Waals surface area contributed by atoms with Gasteiger partial charge in [0.1, 0.15) is 28.5 Å². The van der Waals surface area contributed by atoms with E-state index in [0.717, 1.165) is 46.9 Å². The van der Waals surface area contributed by atoms with Gasteiger partial charge < -0.3 is 18.9 Å². The van der Waals surface area contributed by atoms with Crippen LogP contribution in [0.1, 0.15) is 31.4 Å². The van der Waals surface area contributed by atoms with Crippen LogP contribution in [0, 0.1) is 6.92 Å². The summed E-state index contributed by atoms with van der Waals surface area (Å²) in [5, 5.41) is 0. The van der Waals surface area contributed by atoms with Crippen LogP contribution in [0.15, 0.2) is 41.1 Å². The Labute approximate surface area is 168 Å². The molecule has 0 spiro atoms. The van der Waals surface area contributed by atoms with E-state index in [-0.39, 0.29) is 6.10 Å². The highest BCUT2D eigenvalue weighted by atomic mass is 16.5. The van der Waals surface area contributed by atoms with Gasteiger partial charge in [-0.25, -0.2) is 15.0 Å². The normalized spacial score (nSPS) is 14.6. The lowest BCUT2D eigenvalue weighted by molar-refractivity contribution is 0.209. The Kier molecular flexibility index (Phi) is 4.42. The van der Waals surface area contributed by atoms with E-state index in [1.165, 1.54) is 12.8 Å². The molecule has 0 bridgehead atoms. The average molecular weight is 390 g/mol. The number of H-pyrrole nitrogens is 1. The lowest BCUT2D eigenvalue weighted by Gasteiger charge is -2.15. The summed E-state index contributed by atoms with van der Waals surface area (Å²) >= 11 is 0. The second-order valence-corrected chi connectivity index (χ2v) is 7.33. The van der Waals surface area contributed by atoms with Gasteiger partial charge in [-0.3, -0.25) is 0 Å². The molecule has 1 aliphatic rings. The molecule has 3 aromatic heterocycles. The molecule has 1 N–H and O–H groups in total. The first kappa shape index (κ1) is 17.7. The minimum Gasteiger partial charge on any atom is -0.497 e. The lowest BCUT2D eigenvalue weighted by atomic mass is 10.1. The minimum atomic E-state index is 0.259. The van der Waals surface area contributed by atoms with Crippen LogP contribution in [0.3, 0.4) is 0 Å². The van der Waals surface area contributed by atoms with Crippen molar-refractivity contribution in [1.82, 2.24) is 19.9 Å². The van der Waals surface area contributed by atoms with Crippen LogP contribution in [0.25, 0.3) is 34.0 Å². The zero-order valence-corrected chi connectivity index (χ0v) is 16.4. The third-order valence-corrected chi connectivity index (χ3v) is 5.24. The first-order valence-electron chi connectivity index (χ1n) is 9.83. The predicted octanol–water partition coefficient (Wildman–Crippen LogP) is 4.92. The zero-order valence-electron chi connectivity index (χ0n) is 16.4. The quantitative estimate of drug-likeness (QED) is 0.521. The summed E-state index contributed by atoms with van der Waals surface area (Å²) in [5.74, 6) is 3.42. The summed E-state index contributed by atoms with van der Waals surface area (Å²) in [6.45, 7) is 1.90. The highest BCUT2D eigenvalue weighted by molar-refractivity contribution is 5.89. The molecule has 1 saturated carbocycles. The van der Waals surface area contributed by atoms with Crippen molar-refractivity contribution in [3.63, 3.8) is 0 Å². The van der Waals surface area contributed by atoms with Crippen LogP contribution in [0.5, 0.6) is 11.5 Å². The predicted molar refractivity (Wildman–Crippen MR) is 109 cm³/mol. The molecule has 5 rings (SSSR count). The van der Waals surface area contributed by atoms with Crippen LogP contribution >= 0.6 is 0 Å². The second kappa shape index (κ2) is 7.24. The van der Waals surface area contributed by atoms with Crippen LogP contribution in [0.4, 0.5) is 0 Å². The van der Waals surface area contributed by atoms with E-state index in [4.69, 9.17) is 18.9 Å². The Hall–Kier alpha value is -3.35. The third-order valence-electron chi connectivity index (χ3n) is 5.24. The number of furan rings is 1.